The summed E-state index contributed by atoms with van der Waals surface area (Å²) in [7, 11) is 0. The van der Waals surface area contributed by atoms with E-state index in [2.05, 4.69) is 9.69 Å². The molecular formula is C11H11ClN2OS. The lowest BCUT2D eigenvalue weighted by Gasteiger charge is -2.00. The van der Waals surface area contributed by atoms with Crippen molar-refractivity contribution in [2.45, 2.75) is 19.8 Å². The molecule has 2 rings (SSSR count). The van der Waals surface area contributed by atoms with Gasteiger partial charge in [-0.3, -0.25) is 4.79 Å². The van der Waals surface area contributed by atoms with E-state index in [0.717, 1.165) is 22.3 Å². The zero-order valence-corrected chi connectivity index (χ0v) is 10.4. The van der Waals surface area contributed by atoms with Gasteiger partial charge in [0.25, 0.3) is 0 Å². The lowest BCUT2D eigenvalue weighted by atomic mass is 10.2. The first-order valence-corrected chi connectivity index (χ1v) is 6.20. The Bertz CT molecular complexity index is 524. The number of benzene rings is 1. The maximum absolute atomic E-state index is 11.5. The van der Waals surface area contributed by atoms with Crippen LogP contribution in [0.5, 0.6) is 0 Å². The number of nitrogens with zero attached hydrogens (tertiary/aromatic N) is 1. The number of carbonyl (C=O) groups excluding carboxylic acids is 1. The van der Waals surface area contributed by atoms with E-state index in [9.17, 15) is 4.79 Å². The van der Waals surface area contributed by atoms with Crippen LogP contribution in [0.4, 0.5) is 5.00 Å². The maximum atomic E-state index is 11.5. The van der Waals surface area contributed by atoms with Crippen molar-refractivity contribution in [3.63, 3.8) is 0 Å². The SMILES string of the molecule is CCCC(=O)Nc1snc2cc(Cl)ccc12. The van der Waals surface area contributed by atoms with Crippen LogP contribution in [-0.4, -0.2) is 10.3 Å². The number of halogens is 1. The van der Waals surface area contributed by atoms with E-state index in [1.807, 2.05) is 13.0 Å². The topological polar surface area (TPSA) is 42.0 Å². The van der Waals surface area contributed by atoms with Gasteiger partial charge < -0.3 is 5.32 Å². The predicted molar refractivity (Wildman–Crippen MR) is 68.2 cm³/mol. The molecule has 3 nitrogen and oxygen atoms in total. The Balaban J connectivity index is 2.28. The van der Waals surface area contributed by atoms with Crippen molar-refractivity contribution in [3.05, 3.63) is 23.2 Å². The van der Waals surface area contributed by atoms with E-state index >= 15 is 0 Å². The Morgan fingerprint density at radius 1 is 1.56 bits per heavy atom. The average molecular weight is 255 g/mol. The van der Waals surface area contributed by atoms with Crippen molar-refractivity contribution >= 4 is 44.9 Å². The Labute approximate surface area is 103 Å². The molecule has 1 heterocycles. The average Bonchev–Trinajstić information content (AvgIpc) is 2.61. The Morgan fingerprint density at radius 2 is 2.38 bits per heavy atom. The van der Waals surface area contributed by atoms with E-state index in [1.54, 1.807) is 12.1 Å². The standard InChI is InChI=1S/C11H11ClN2OS/c1-2-3-10(15)13-11-8-5-4-7(12)6-9(8)14-16-11/h4-6H,2-3H2,1H3,(H,13,15). The van der Waals surface area contributed by atoms with Crippen LogP contribution < -0.4 is 5.32 Å². The number of fused-ring (bicyclic) bond motifs is 1. The van der Waals surface area contributed by atoms with Crippen LogP contribution in [-0.2, 0) is 4.79 Å². The first-order valence-electron chi connectivity index (χ1n) is 5.05. The third-order valence-electron chi connectivity index (χ3n) is 2.17. The molecule has 0 saturated carbocycles. The molecule has 0 saturated heterocycles. The lowest BCUT2D eigenvalue weighted by Crippen LogP contribution is -2.09. The third kappa shape index (κ3) is 2.33. The number of rotatable bonds is 3. The second kappa shape index (κ2) is 4.80. The minimum Gasteiger partial charge on any atom is -0.316 e. The summed E-state index contributed by atoms with van der Waals surface area (Å²) < 4.78 is 4.24. The van der Waals surface area contributed by atoms with Crippen molar-refractivity contribution < 1.29 is 4.79 Å². The third-order valence-corrected chi connectivity index (χ3v) is 3.20. The van der Waals surface area contributed by atoms with Gasteiger partial charge in [-0.1, -0.05) is 18.5 Å². The first kappa shape index (κ1) is 11.4. The van der Waals surface area contributed by atoms with Gasteiger partial charge in [-0.05, 0) is 36.2 Å². The smallest absolute Gasteiger partial charge is 0.225 e. The van der Waals surface area contributed by atoms with Crippen LogP contribution in [0.2, 0.25) is 5.02 Å². The molecule has 1 N–H and O–H groups in total. The highest BCUT2D eigenvalue weighted by Gasteiger charge is 2.08. The van der Waals surface area contributed by atoms with Crippen LogP contribution >= 0.6 is 23.1 Å². The number of hydrogen-bond donors (Lipinski definition) is 1. The highest BCUT2D eigenvalue weighted by molar-refractivity contribution is 7.12. The Hall–Kier alpha value is -1.13. The molecule has 0 fully saturated rings. The van der Waals surface area contributed by atoms with Crippen molar-refractivity contribution in [2.24, 2.45) is 0 Å². The van der Waals surface area contributed by atoms with Crippen molar-refractivity contribution in [2.75, 3.05) is 5.32 Å². The highest BCUT2D eigenvalue weighted by Crippen LogP contribution is 2.29. The molecule has 5 heteroatoms. The summed E-state index contributed by atoms with van der Waals surface area (Å²) in [6.45, 7) is 1.98. The van der Waals surface area contributed by atoms with Gasteiger partial charge in [0.15, 0.2) is 0 Å². The molecule has 2 aromatic rings. The van der Waals surface area contributed by atoms with Crippen molar-refractivity contribution in [1.29, 1.82) is 0 Å². The summed E-state index contributed by atoms with van der Waals surface area (Å²) in [5.41, 5.74) is 0.823. The Kier molecular flexibility index (Phi) is 3.41. The molecule has 0 unspecified atom stereocenters. The van der Waals surface area contributed by atoms with Crippen LogP contribution in [0.25, 0.3) is 10.9 Å². The van der Waals surface area contributed by atoms with Gasteiger partial charge >= 0.3 is 0 Å². The van der Waals surface area contributed by atoms with Crippen LogP contribution in [0, 0.1) is 0 Å². The summed E-state index contributed by atoms with van der Waals surface area (Å²) in [6, 6.07) is 5.47. The number of aromatic nitrogens is 1. The number of nitrogens with one attached hydrogen (secondary N) is 1. The molecular weight excluding hydrogens is 244 g/mol. The minimum atomic E-state index is 0.0306. The molecule has 0 spiro atoms. The van der Waals surface area contributed by atoms with Gasteiger partial charge in [0.2, 0.25) is 5.91 Å². The second-order valence-corrected chi connectivity index (χ2v) is 4.68. The molecule has 0 atom stereocenters. The fourth-order valence-corrected chi connectivity index (χ4v) is 2.36. The summed E-state index contributed by atoms with van der Waals surface area (Å²) in [5.74, 6) is 0.0306. The van der Waals surface area contributed by atoms with E-state index in [0.29, 0.717) is 11.4 Å². The van der Waals surface area contributed by atoms with Gasteiger partial charge in [0.05, 0.1) is 5.52 Å². The van der Waals surface area contributed by atoms with Crippen LogP contribution in [0.1, 0.15) is 19.8 Å². The summed E-state index contributed by atoms with van der Waals surface area (Å²) in [6.07, 6.45) is 1.38. The molecule has 0 aliphatic carbocycles. The predicted octanol–water partition coefficient (Wildman–Crippen LogP) is 3.69. The van der Waals surface area contributed by atoms with Crippen LogP contribution in [0.3, 0.4) is 0 Å². The van der Waals surface area contributed by atoms with Gasteiger partial charge in [0, 0.05) is 16.8 Å². The maximum Gasteiger partial charge on any atom is 0.225 e. The van der Waals surface area contributed by atoms with Gasteiger partial charge in [-0.25, -0.2) is 0 Å². The highest BCUT2D eigenvalue weighted by atomic mass is 35.5. The zero-order chi connectivity index (χ0) is 11.5. The van der Waals surface area contributed by atoms with Crippen molar-refractivity contribution in [3.8, 4) is 0 Å². The number of carbonyl (C=O) groups is 1. The molecule has 84 valence electrons. The van der Waals surface area contributed by atoms with Gasteiger partial charge in [0.1, 0.15) is 5.00 Å². The number of amides is 1. The molecule has 1 amide bonds. The molecule has 1 aromatic heterocycles. The van der Waals surface area contributed by atoms with E-state index < -0.39 is 0 Å². The number of anilines is 1. The van der Waals surface area contributed by atoms with E-state index in [4.69, 9.17) is 11.6 Å². The normalized spacial score (nSPS) is 10.6. The molecule has 16 heavy (non-hydrogen) atoms. The monoisotopic (exact) mass is 254 g/mol. The fraction of sp³-hybridized carbons (Fsp3) is 0.273. The first-order chi connectivity index (χ1) is 7.70. The molecule has 0 bridgehead atoms. The summed E-state index contributed by atoms with van der Waals surface area (Å²) in [4.78, 5) is 11.5. The fourth-order valence-electron chi connectivity index (χ4n) is 1.42. The zero-order valence-electron chi connectivity index (χ0n) is 8.79. The molecule has 0 radical (unpaired) electrons. The van der Waals surface area contributed by atoms with E-state index in [-0.39, 0.29) is 5.91 Å². The molecule has 0 aliphatic rings. The number of hydrogen-bond acceptors (Lipinski definition) is 3. The second-order valence-electron chi connectivity index (χ2n) is 3.47. The minimum absolute atomic E-state index is 0.0306. The molecule has 0 aliphatic heterocycles. The summed E-state index contributed by atoms with van der Waals surface area (Å²) >= 11 is 7.15. The molecule has 1 aromatic carbocycles. The lowest BCUT2D eigenvalue weighted by molar-refractivity contribution is -0.116. The largest absolute Gasteiger partial charge is 0.316 e. The quantitative estimate of drug-likeness (QED) is 0.908. The van der Waals surface area contributed by atoms with E-state index in [1.165, 1.54) is 11.5 Å². The van der Waals surface area contributed by atoms with Crippen LogP contribution in [0.15, 0.2) is 18.2 Å². The summed E-state index contributed by atoms with van der Waals surface area (Å²) in [5, 5.41) is 5.26. The van der Waals surface area contributed by atoms with Gasteiger partial charge in [-0.2, -0.15) is 4.37 Å². The van der Waals surface area contributed by atoms with Crippen molar-refractivity contribution in [1.82, 2.24) is 4.37 Å². The Morgan fingerprint density at radius 3 is 3.12 bits per heavy atom. The van der Waals surface area contributed by atoms with Gasteiger partial charge in [-0.15, -0.1) is 0 Å².